The number of hydrogen-bond acceptors (Lipinski definition) is 0. The van der Waals surface area contributed by atoms with Gasteiger partial charge < -0.3 is 0 Å². The maximum atomic E-state index is 2.37. The van der Waals surface area contributed by atoms with Gasteiger partial charge in [-0.2, -0.15) is 0 Å². The van der Waals surface area contributed by atoms with Gasteiger partial charge in [-0.1, -0.05) is 0 Å². The maximum absolute atomic E-state index is 2.37. The third-order valence-corrected chi connectivity index (χ3v) is 10.4. The average Bonchev–Trinajstić information content (AvgIpc) is 2.44. The Kier molecular flexibility index (Phi) is 18.9. The number of halogens is 1. The predicted molar refractivity (Wildman–Crippen MR) is 107 cm³/mol. The molecule has 0 nitrogen and oxygen atoms in total. The molecule has 0 radical (unpaired) electrons. The van der Waals surface area contributed by atoms with Gasteiger partial charge in [0.15, 0.2) is 0 Å². The van der Waals surface area contributed by atoms with E-state index in [9.17, 15) is 0 Å². The second kappa shape index (κ2) is 16.3. The van der Waals surface area contributed by atoms with Gasteiger partial charge >= 0.3 is 124 Å². The summed E-state index contributed by atoms with van der Waals surface area (Å²) in [6.07, 6.45) is 21.2. The van der Waals surface area contributed by atoms with E-state index in [2.05, 4.69) is 27.7 Å². The van der Waals surface area contributed by atoms with E-state index in [4.69, 9.17) is 0 Å². The fraction of sp³-hybridized carbons (Fsp3) is 1.00. The van der Waals surface area contributed by atoms with Gasteiger partial charge in [0.25, 0.3) is 0 Å². The molecule has 0 aromatic carbocycles. The van der Waals surface area contributed by atoms with Crippen LogP contribution in [0, 0.1) is 0 Å². The SMILES string of the molecule is Br.CCCCCC[PH](CCCC)(CCCC)CCCC. The summed E-state index contributed by atoms with van der Waals surface area (Å²) in [4.78, 5) is 0. The summed E-state index contributed by atoms with van der Waals surface area (Å²) in [5.74, 6) is 0. The van der Waals surface area contributed by atoms with Gasteiger partial charge in [-0.25, -0.2) is 0 Å². The van der Waals surface area contributed by atoms with Crippen molar-refractivity contribution < 1.29 is 0 Å². The van der Waals surface area contributed by atoms with Gasteiger partial charge in [0.05, 0.1) is 0 Å². The molecule has 0 unspecified atom stereocenters. The fourth-order valence-electron chi connectivity index (χ4n) is 3.33. The zero-order valence-corrected chi connectivity index (χ0v) is 17.5. The quantitative estimate of drug-likeness (QED) is 0.223. The van der Waals surface area contributed by atoms with Crippen LogP contribution in [0.2, 0.25) is 0 Å². The Morgan fingerprint density at radius 1 is 0.450 bits per heavy atom. The van der Waals surface area contributed by atoms with Crippen molar-refractivity contribution in [3.05, 3.63) is 0 Å². The first kappa shape index (κ1) is 23.2. The van der Waals surface area contributed by atoms with E-state index in [0.717, 1.165) is 0 Å². The number of rotatable bonds is 14. The Morgan fingerprint density at radius 3 is 1.15 bits per heavy atom. The first-order chi connectivity index (χ1) is 9.24. The molecule has 0 bridgehead atoms. The molecule has 0 spiro atoms. The van der Waals surface area contributed by atoms with Crippen molar-refractivity contribution in [3.8, 4) is 0 Å². The van der Waals surface area contributed by atoms with Gasteiger partial charge in [-0.3, -0.25) is 0 Å². The standard InChI is InChI=1S/C18H41P.BrH/c1-5-9-13-14-18-19(15-10-6-2,16-11-7-3)17-12-8-4;/h19H,5-18H2,1-4H3;1H. The van der Waals surface area contributed by atoms with Crippen molar-refractivity contribution in [3.63, 3.8) is 0 Å². The van der Waals surface area contributed by atoms with Gasteiger partial charge in [0, 0.05) is 0 Å². The van der Waals surface area contributed by atoms with Crippen LogP contribution in [0.4, 0.5) is 0 Å². The Morgan fingerprint density at radius 2 is 0.800 bits per heavy atom. The average molecular weight is 369 g/mol. The van der Waals surface area contributed by atoms with Crippen LogP contribution < -0.4 is 0 Å². The van der Waals surface area contributed by atoms with E-state index in [1.165, 1.54) is 64.2 Å². The molecule has 2 heteroatoms. The Hall–Kier alpha value is 0.910. The molecule has 0 amide bonds. The second-order valence-electron chi connectivity index (χ2n) is 6.62. The van der Waals surface area contributed by atoms with E-state index in [1.54, 1.807) is 24.6 Å². The van der Waals surface area contributed by atoms with Crippen molar-refractivity contribution >= 4 is 24.2 Å². The molecule has 0 aromatic heterocycles. The molecular formula is C18H42BrP. The second-order valence-corrected chi connectivity index (χ2v) is 11.6. The van der Waals surface area contributed by atoms with Crippen molar-refractivity contribution in [1.29, 1.82) is 0 Å². The zero-order valence-electron chi connectivity index (χ0n) is 14.8. The first-order valence-electron chi connectivity index (χ1n) is 9.24. The molecule has 0 rings (SSSR count). The van der Waals surface area contributed by atoms with Crippen molar-refractivity contribution in [2.45, 2.75) is 91.9 Å². The van der Waals surface area contributed by atoms with Gasteiger partial charge in [0.1, 0.15) is 0 Å². The summed E-state index contributed by atoms with van der Waals surface area (Å²) in [6.45, 7) is 9.44. The molecule has 20 heavy (non-hydrogen) atoms. The summed E-state index contributed by atoms with van der Waals surface area (Å²) in [6, 6.07) is 0. The molecule has 0 aromatic rings. The van der Waals surface area contributed by atoms with Gasteiger partial charge in [-0.05, 0) is 0 Å². The molecule has 126 valence electrons. The van der Waals surface area contributed by atoms with Crippen LogP contribution in [0.25, 0.3) is 0 Å². The fourth-order valence-corrected chi connectivity index (χ4v) is 9.14. The minimum absolute atomic E-state index is 0. The Bertz CT molecular complexity index is 160. The van der Waals surface area contributed by atoms with Crippen LogP contribution in [0.15, 0.2) is 0 Å². The van der Waals surface area contributed by atoms with Gasteiger partial charge in [-0.15, -0.1) is 17.0 Å². The summed E-state index contributed by atoms with van der Waals surface area (Å²) in [7, 11) is -0.908. The number of unbranched alkanes of at least 4 members (excludes halogenated alkanes) is 6. The van der Waals surface area contributed by atoms with Crippen LogP contribution in [0.5, 0.6) is 0 Å². The molecule has 0 saturated heterocycles. The van der Waals surface area contributed by atoms with E-state index in [1.807, 2.05) is 0 Å². The Balaban J connectivity index is 0. The molecule has 0 aliphatic rings. The summed E-state index contributed by atoms with van der Waals surface area (Å²) >= 11 is 0. The van der Waals surface area contributed by atoms with E-state index in [-0.39, 0.29) is 17.0 Å². The molecule has 0 saturated carbocycles. The molecule has 0 N–H and O–H groups in total. The minimum atomic E-state index is -0.908. The monoisotopic (exact) mass is 368 g/mol. The third-order valence-electron chi connectivity index (χ3n) is 4.74. The molecule has 0 atom stereocenters. The van der Waals surface area contributed by atoms with Gasteiger partial charge in [0.2, 0.25) is 0 Å². The van der Waals surface area contributed by atoms with E-state index in [0.29, 0.717) is 0 Å². The first-order valence-corrected chi connectivity index (χ1v) is 12.1. The Labute approximate surface area is 141 Å². The van der Waals surface area contributed by atoms with E-state index >= 15 is 0 Å². The predicted octanol–water partition coefficient (Wildman–Crippen LogP) is 7.29. The molecule has 0 fully saturated rings. The molecule has 0 heterocycles. The van der Waals surface area contributed by atoms with Crippen molar-refractivity contribution in [2.24, 2.45) is 0 Å². The zero-order chi connectivity index (χ0) is 14.4. The molecular weight excluding hydrogens is 327 g/mol. The topological polar surface area (TPSA) is 0 Å². The third kappa shape index (κ3) is 11.6. The van der Waals surface area contributed by atoms with Crippen molar-refractivity contribution in [2.75, 3.05) is 24.6 Å². The van der Waals surface area contributed by atoms with E-state index < -0.39 is 7.26 Å². The van der Waals surface area contributed by atoms with Crippen LogP contribution >= 0.6 is 24.2 Å². The van der Waals surface area contributed by atoms with Crippen LogP contribution in [-0.4, -0.2) is 24.6 Å². The molecule has 0 aliphatic carbocycles. The summed E-state index contributed by atoms with van der Waals surface area (Å²) < 4.78 is 0. The summed E-state index contributed by atoms with van der Waals surface area (Å²) in [5.41, 5.74) is 0. The molecule has 0 aliphatic heterocycles. The van der Waals surface area contributed by atoms with Crippen LogP contribution in [0.3, 0.4) is 0 Å². The van der Waals surface area contributed by atoms with Crippen molar-refractivity contribution in [1.82, 2.24) is 0 Å². The summed E-state index contributed by atoms with van der Waals surface area (Å²) in [5, 5.41) is 0. The number of hydrogen-bond donors (Lipinski definition) is 0. The van der Waals surface area contributed by atoms with Crippen LogP contribution in [-0.2, 0) is 0 Å². The normalized spacial score (nSPS) is 12.2. The van der Waals surface area contributed by atoms with Crippen LogP contribution in [0.1, 0.15) is 91.9 Å².